The lowest BCUT2D eigenvalue weighted by Gasteiger charge is -2.21. The Balaban J connectivity index is 5.14. The van der Waals surface area contributed by atoms with E-state index in [9.17, 15) is 43.2 Å². The van der Waals surface area contributed by atoms with Gasteiger partial charge in [0, 0.05) is 25.7 Å². The third kappa shape index (κ3) is 69.2. The summed E-state index contributed by atoms with van der Waals surface area (Å²) in [6.07, 6.45) is 51.7. The number of esters is 4. The second-order valence-corrected chi connectivity index (χ2v) is 32.3. The van der Waals surface area contributed by atoms with Gasteiger partial charge in [-0.1, -0.05) is 338 Å². The molecule has 0 rings (SSSR count). The van der Waals surface area contributed by atoms with E-state index in [2.05, 4.69) is 55.4 Å². The van der Waals surface area contributed by atoms with Crippen LogP contribution in [-0.4, -0.2) is 96.7 Å². The molecular formula is C77H150O17P2. The Hall–Kier alpha value is -1.94. The van der Waals surface area contributed by atoms with Gasteiger partial charge in [-0.3, -0.25) is 37.3 Å². The Kier molecular flexibility index (Phi) is 65.0. The summed E-state index contributed by atoms with van der Waals surface area (Å²) in [7, 11) is -9.91. The van der Waals surface area contributed by atoms with Crippen molar-refractivity contribution in [1.29, 1.82) is 0 Å². The van der Waals surface area contributed by atoms with Gasteiger partial charge in [-0.05, 0) is 49.4 Å². The van der Waals surface area contributed by atoms with Crippen molar-refractivity contribution < 1.29 is 80.2 Å². The predicted octanol–water partition coefficient (Wildman–Crippen LogP) is 22.4. The molecule has 6 atom stereocenters. The van der Waals surface area contributed by atoms with Crippen LogP contribution in [0.4, 0.5) is 0 Å². The van der Waals surface area contributed by atoms with Gasteiger partial charge in [-0.2, -0.15) is 0 Å². The summed E-state index contributed by atoms with van der Waals surface area (Å²) in [4.78, 5) is 72.7. The first-order chi connectivity index (χ1) is 46.1. The minimum Gasteiger partial charge on any atom is -0.462 e. The largest absolute Gasteiger partial charge is 0.472 e. The molecule has 17 nitrogen and oxygen atoms in total. The fraction of sp³-hybridized carbons (Fsp3) is 0.948. The van der Waals surface area contributed by atoms with Crippen molar-refractivity contribution in [2.75, 3.05) is 39.6 Å². The normalized spacial score (nSPS) is 14.4. The number of hydrogen-bond donors (Lipinski definition) is 3. The molecule has 0 radical (unpaired) electrons. The van der Waals surface area contributed by atoms with E-state index in [0.29, 0.717) is 31.6 Å². The molecule has 0 heterocycles. The molecule has 96 heavy (non-hydrogen) atoms. The average Bonchev–Trinajstić information content (AvgIpc) is 1.64. The fourth-order valence-electron chi connectivity index (χ4n) is 11.7. The Morgan fingerprint density at radius 3 is 0.740 bits per heavy atom. The molecule has 3 N–H and O–H groups in total. The van der Waals surface area contributed by atoms with Crippen molar-refractivity contribution in [3.8, 4) is 0 Å². The zero-order chi connectivity index (χ0) is 71.0. The third-order valence-corrected chi connectivity index (χ3v) is 20.1. The number of hydrogen-bond acceptors (Lipinski definition) is 15. The second kappa shape index (κ2) is 66.3. The molecule has 19 heteroatoms. The number of aliphatic hydroxyl groups excluding tert-OH is 1. The van der Waals surface area contributed by atoms with Crippen LogP contribution in [-0.2, 0) is 65.4 Å². The van der Waals surface area contributed by atoms with Crippen LogP contribution in [0.1, 0.15) is 389 Å². The molecular weight excluding hydrogens is 1260 g/mol. The first-order valence-corrected chi connectivity index (χ1v) is 42.7. The SMILES string of the molecule is CCC(C)CCCCCCCCC(=O)O[C@H](COC(=O)CCCCCCCCCCCCCCCC(C)C)COP(=O)(O)OCC(O)COP(=O)(O)OC[C@@H](COC(=O)CCCCCCCCC(C)C)OC(=O)CCCCCCCCCCCCCCCCCCCCC(C)C. The number of phosphoric acid groups is 2. The number of aliphatic hydroxyl groups is 1. The minimum absolute atomic E-state index is 0.103. The van der Waals surface area contributed by atoms with Crippen LogP contribution in [0.5, 0.6) is 0 Å². The van der Waals surface area contributed by atoms with E-state index in [-0.39, 0.29) is 25.7 Å². The standard InChI is InChI=1S/C77H150O17P2/c1-9-70(8)56-48-40-34-36-44-52-60-77(82)94-73(63-87-74(79)57-49-41-31-27-23-20-16-18-22-26-30-38-46-54-68(4)5)66-92-96(85,86)90-62-71(78)61-89-95(83,84)91-65-72(64-88-75(80)58-50-42-35-33-39-47-55-69(6)7)93-76(81)59-51-43-32-28-24-19-15-13-11-10-12-14-17-21-25-29-37-45-53-67(2)3/h67-73,78H,9-66H2,1-8H3,(H,83,84)(H,85,86)/t70?,71?,72-,73-/m1/s1. The Labute approximate surface area is 588 Å². The highest BCUT2D eigenvalue weighted by molar-refractivity contribution is 7.47. The van der Waals surface area contributed by atoms with Crippen molar-refractivity contribution >= 4 is 39.5 Å². The van der Waals surface area contributed by atoms with Crippen LogP contribution in [0.2, 0.25) is 0 Å². The first kappa shape index (κ1) is 94.1. The molecule has 0 bridgehead atoms. The molecule has 0 aliphatic rings. The van der Waals surface area contributed by atoms with E-state index in [4.69, 9.17) is 37.0 Å². The summed E-state index contributed by atoms with van der Waals surface area (Å²) in [5, 5.41) is 10.6. The third-order valence-electron chi connectivity index (χ3n) is 18.2. The zero-order valence-corrected chi connectivity index (χ0v) is 64.8. The van der Waals surface area contributed by atoms with E-state index >= 15 is 0 Å². The Bertz CT molecular complexity index is 1890. The monoisotopic (exact) mass is 1410 g/mol. The summed E-state index contributed by atoms with van der Waals surface area (Å²) in [6.45, 7) is 14.1. The highest BCUT2D eigenvalue weighted by Crippen LogP contribution is 2.45. The highest BCUT2D eigenvalue weighted by atomic mass is 31.2. The molecule has 4 unspecified atom stereocenters. The molecule has 0 saturated carbocycles. The molecule has 0 aromatic rings. The molecule has 0 amide bonds. The number of rotatable bonds is 74. The minimum atomic E-state index is -4.96. The maximum atomic E-state index is 13.1. The lowest BCUT2D eigenvalue weighted by molar-refractivity contribution is -0.161. The van der Waals surface area contributed by atoms with Crippen LogP contribution >= 0.6 is 15.6 Å². The second-order valence-electron chi connectivity index (χ2n) is 29.4. The number of unbranched alkanes of at least 4 members (excludes halogenated alkanes) is 39. The molecule has 0 saturated heterocycles. The van der Waals surface area contributed by atoms with Crippen molar-refractivity contribution in [3.05, 3.63) is 0 Å². The van der Waals surface area contributed by atoms with E-state index in [1.165, 1.54) is 186 Å². The van der Waals surface area contributed by atoms with E-state index in [1.807, 2.05) is 0 Å². The van der Waals surface area contributed by atoms with E-state index in [1.54, 1.807) is 0 Å². The van der Waals surface area contributed by atoms with E-state index < -0.39 is 97.5 Å². The number of ether oxygens (including phenoxy) is 4. The topological polar surface area (TPSA) is 237 Å². The van der Waals surface area contributed by atoms with Crippen molar-refractivity contribution in [3.63, 3.8) is 0 Å². The van der Waals surface area contributed by atoms with Gasteiger partial charge in [-0.25, -0.2) is 9.13 Å². The van der Waals surface area contributed by atoms with Gasteiger partial charge in [0.25, 0.3) is 0 Å². The molecule has 570 valence electrons. The smallest absolute Gasteiger partial charge is 0.462 e. The number of carbonyl (C=O) groups is 4. The van der Waals surface area contributed by atoms with Gasteiger partial charge in [-0.15, -0.1) is 0 Å². The zero-order valence-electron chi connectivity index (χ0n) is 63.0. The summed E-state index contributed by atoms with van der Waals surface area (Å²) in [5.74, 6) is 0.886. The summed E-state index contributed by atoms with van der Waals surface area (Å²) < 4.78 is 68.5. The highest BCUT2D eigenvalue weighted by Gasteiger charge is 2.30. The number of phosphoric ester groups is 2. The molecule has 0 fully saturated rings. The lowest BCUT2D eigenvalue weighted by atomic mass is 10.00. The van der Waals surface area contributed by atoms with Crippen LogP contribution in [0.15, 0.2) is 0 Å². The van der Waals surface area contributed by atoms with Gasteiger partial charge in [0.2, 0.25) is 0 Å². The van der Waals surface area contributed by atoms with Gasteiger partial charge in [0.15, 0.2) is 12.2 Å². The van der Waals surface area contributed by atoms with Crippen molar-refractivity contribution in [2.24, 2.45) is 23.7 Å². The summed E-state index contributed by atoms with van der Waals surface area (Å²) in [5.41, 5.74) is 0. The first-order valence-electron chi connectivity index (χ1n) is 39.7. The van der Waals surface area contributed by atoms with Crippen LogP contribution in [0.3, 0.4) is 0 Å². The van der Waals surface area contributed by atoms with Crippen molar-refractivity contribution in [1.82, 2.24) is 0 Å². The molecule has 0 aliphatic heterocycles. The molecule has 0 aliphatic carbocycles. The number of carbonyl (C=O) groups excluding carboxylic acids is 4. The predicted molar refractivity (Wildman–Crippen MR) is 391 cm³/mol. The van der Waals surface area contributed by atoms with E-state index in [0.717, 1.165) is 114 Å². The average molecular weight is 1410 g/mol. The van der Waals surface area contributed by atoms with Crippen molar-refractivity contribution in [2.45, 2.75) is 408 Å². The van der Waals surface area contributed by atoms with Crippen LogP contribution in [0.25, 0.3) is 0 Å². The molecule has 0 aromatic heterocycles. The van der Waals surface area contributed by atoms with Crippen LogP contribution in [0, 0.1) is 23.7 Å². The maximum absolute atomic E-state index is 13.1. The Morgan fingerprint density at radius 2 is 0.500 bits per heavy atom. The molecule has 0 aromatic carbocycles. The molecule has 0 spiro atoms. The van der Waals surface area contributed by atoms with Gasteiger partial charge >= 0.3 is 39.5 Å². The quantitative estimate of drug-likeness (QED) is 0.0222. The van der Waals surface area contributed by atoms with Gasteiger partial charge < -0.3 is 33.8 Å². The van der Waals surface area contributed by atoms with Gasteiger partial charge in [0.1, 0.15) is 19.3 Å². The summed E-state index contributed by atoms with van der Waals surface area (Å²) >= 11 is 0. The van der Waals surface area contributed by atoms with Crippen LogP contribution < -0.4 is 0 Å². The maximum Gasteiger partial charge on any atom is 0.472 e. The summed E-state index contributed by atoms with van der Waals surface area (Å²) in [6, 6.07) is 0. The lowest BCUT2D eigenvalue weighted by Crippen LogP contribution is -2.30. The fourth-order valence-corrected chi connectivity index (χ4v) is 13.3. The Morgan fingerprint density at radius 1 is 0.292 bits per heavy atom. The van der Waals surface area contributed by atoms with Gasteiger partial charge in [0.05, 0.1) is 26.4 Å².